The van der Waals surface area contributed by atoms with E-state index in [1.807, 2.05) is 13.8 Å². The average Bonchev–Trinajstić information content (AvgIpc) is 2.70. The first-order valence-electron chi connectivity index (χ1n) is 9.60. The Hall–Kier alpha value is -1.82. The first kappa shape index (κ1) is 24.4. The van der Waals surface area contributed by atoms with Crippen molar-refractivity contribution >= 4 is 46.6 Å². The van der Waals surface area contributed by atoms with Gasteiger partial charge in [-0.15, -0.1) is 0 Å². The molecule has 2 aromatic carbocycles. The zero-order valence-electron chi connectivity index (χ0n) is 17.0. The third-order valence-corrected chi connectivity index (χ3v) is 5.99. The van der Waals surface area contributed by atoms with Crippen LogP contribution in [0.2, 0.25) is 15.1 Å². The van der Waals surface area contributed by atoms with Gasteiger partial charge in [-0.3, -0.25) is 9.59 Å². The number of carbonyl (C=O) groups is 2. The predicted octanol–water partition coefficient (Wildman–Crippen LogP) is 5.66. The first-order chi connectivity index (χ1) is 14.1. The number of hydrogen-bond donors (Lipinski definition) is 1. The summed E-state index contributed by atoms with van der Waals surface area (Å²) in [6, 6.07) is 8.41. The molecule has 2 amide bonds. The molecule has 0 saturated carbocycles. The van der Waals surface area contributed by atoms with Gasteiger partial charge in [-0.05, 0) is 50.1 Å². The van der Waals surface area contributed by atoms with Gasteiger partial charge in [-0.2, -0.15) is 0 Å². The van der Waals surface area contributed by atoms with Crippen LogP contribution in [0.4, 0.5) is 4.39 Å². The van der Waals surface area contributed by atoms with Crippen molar-refractivity contribution in [1.29, 1.82) is 0 Å². The molecule has 0 aromatic heterocycles. The minimum absolute atomic E-state index is 0.0390. The molecule has 2 atom stereocenters. The number of nitrogens with one attached hydrogen (secondary N) is 1. The standard InChI is InChI=1S/C22H24Cl3FN2O2/c1-4-13(2)27-22(30)14(3)28(12-15-8-9-18(24)19(25)10-15)21(29)11-16-17(23)6-5-7-20(16)26/h5-10,13-14H,4,11-12H2,1-3H3,(H,27,30)/t13-,14+/m0/s1. The van der Waals surface area contributed by atoms with Crippen LogP contribution < -0.4 is 5.32 Å². The molecule has 30 heavy (non-hydrogen) atoms. The number of benzene rings is 2. The smallest absolute Gasteiger partial charge is 0.242 e. The van der Waals surface area contributed by atoms with Crippen molar-refractivity contribution in [3.05, 3.63) is 68.4 Å². The minimum Gasteiger partial charge on any atom is -0.352 e. The molecule has 0 aliphatic rings. The maximum absolute atomic E-state index is 14.2. The first-order valence-corrected chi connectivity index (χ1v) is 10.7. The van der Waals surface area contributed by atoms with Gasteiger partial charge in [-0.1, -0.05) is 53.9 Å². The van der Waals surface area contributed by atoms with Crippen molar-refractivity contribution in [3.63, 3.8) is 0 Å². The Kier molecular flexibility index (Phi) is 8.95. The molecule has 0 saturated heterocycles. The fraction of sp³-hybridized carbons (Fsp3) is 0.364. The topological polar surface area (TPSA) is 49.4 Å². The van der Waals surface area contributed by atoms with E-state index in [-0.39, 0.29) is 35.5 Å². The summed E-state index contributed by atoms with van der Waals surface area (Å²) in [4.78, 5) is 27.2. The highest BCUT2D eigenvalue weighted by molar-refractivity contribution is 6.42. The summed E-state index contributed by atoms with van der Waals surface area (Å²) in [6.07, 6.45) is 0.484. The highest BCUT2D eigenvalue weighted by Crippen LogP contribution is 2.25. The summed E-state index contributed by atoms with van der Waals surface area (Å²) < 4.78 is 14.2. The van der Waals surface area contributed by atoms with E-state index in [4.69, 9.17) is 34.8 Å². The van der Waals surface area contributed by atoms with E-state index in [1.165, 1.54) is 23.1 Å². The number of amides is 2. The lowest BCUT2D eigenvalue weighted by molar-refractivity contribution is -0.140. The van der Waals surface area contributed by atoms with Crippen molar-refractivity contribution in [2.45, 2.75) is 52.2 Å². The number of hydrogen-bond acceptors (Lipinski definition) is 2. The minimum atomic E-state index is -0.786. The molecule has 2 aromatic rings. The van der Waals surface area contributed by atoms with Crippen LogP contribution in [0, 0.1) is 5.82 Å². The molecule has 0 aliphatic carbocycles. The third-order valence-electron chi connectivity index (χ3n) is 4.89. The summed E-state index contributed by atoms with van der Waals surface area (Å²) in [5.74, 6) is -1.29. The molecule has 8 heteroatoms. The fourth-order valence-electron chi connectivity index (χ4n) is 2.84. The molecule has 0 unspecified atom stereocenters. The van der Waals surface area contributed by atoms with Gasteiger partial charge in [0.1, 0.15) is 11.9 Å². The van der Waals surface area contributed by atoms with Crippen LogP contribution in [0.5, 0.6) is 0 Å². The quantitative estimate of drug-likeness (QED) is 0.538. The van der Waals surface area contributed by atoms with Crippen LogP contribution in [0.15, 0.2) is 36.4 Å². The number of rotatable bonds is 8. The summed E-state index contributed by atoms with van der Waals surface area (Å²) in [7, 11) is 0. The largest absolute Gasteiger partial charge is 0.352 e. The van der Waals surface area contributed by atoms with Gasteiger partial charge < -0.3 is 10.2 Å². The highest BCUT2D eigenvalue weighted by atomic mass is 35.5. The number of nitrogens with zero attached hydrogens (tertiary/aromatic N) is 1. The molecule has 0 aliphatic heterocycles. The lowest BCUT2D eigenvalue weighted by Crippen LogP contribution is -2.50. The van der Waals surface area contributed by atoms with E-state index in [2.05, 4.69) is 5.32 Å². The van der Waals surface area contributed by atoms with Crippen molar-refractivity contribution in [2.75, 3.05) is 0 Å². The molecule has 0 bridgehead atoms. The number of halogens is 4. The van der Waals surface area contributed by atoms with Gasteiger partial charge in [0.05, 0.1) is 16.5 Å². The lowest BCUT2D eigenvalue weighted by atomic mass is 10.1. The van der Waals surface area contributed by atoms with E-state index < -0.39 is 17.8 Å². The van der Waals surface area contributed by atoms with Crippen LogP contribution in [0.3, 0.4) is 0 Å². The SMILES string of the molecule is CC[C@H](C)NC(=O)[C@@H](C)N(Cc1ccc(Cl)c(Cl)c1)C(=O)Cc1c(F)cccc1Cl. The molecule has 162 valence electrons. The average molecular weight is 474 g/mol. The maximum Gasteiger partial charge on any atom is 0.242 e. The Labute approximate surface area is 191 Å². The van der Waals surface area contributed by atoms with E-state index in [1.54, 1.807) is 25.1 Å². The predicted molar refractivity (Wildman–Crippen MR) is 119 cm³/mol. The lowest BCUT2D eigenvalue weighted by Gasteiger charge is -2.30. The van der Waals surface area contributed by atoms with Gasteiger partial charge in [-0.25, -0.2) is 4.39 Å². The zero-order valence-corrected chi connectivity index (χ0v) is 19.3. The van der Waals surface area contributed by atoms with Gasteiger partial charge in [0.25, 0.3) is 0 Å². The van der Waals surface area contributed by atoms with Gasteiger partial charge in [0, 0.05) is 23.2 Å². The molecule has 0 fully saturated rings. The molecule has 4 nitrogen and oxygen atoms in total. The van der Waals surface area contributed by atoms with E-state index in [9.17, 15) is 14.0 Å². The van der Waals surface area contributed by atoms with Crippen LogP contribution in [0.25, 0.3) is 0 Å². The normalized spacial score (nSPS) is 12.9. The second kappa shape index (κ2) is 11.0. The second-order valence-corrected chi connectivity index (χ2v) is 8.36. The number of carbonyl (C=O) groups excluding carboxylic acids is 2. The van der Waals surface area contributed by atoms with Crippen LogP contribution in [-0.4, -0.2) is 28.8 Å². The summed E-state index contributed by atoms with van der Waals surface area (Å²) in [5, 5.41) is 3.77. The van der Waals surface area contributed by atoms with Crippen molar-refractivity contribution in [2.24, 2.45) is 0 Å². The van der Waals surface area contributed by atoms with Crippen molar-refractivity contribution < 1.29 is 14.0 Å². The Balaban J connectivity index is 2.32. The summed E-state index contributed by atoms with van der Waals surface area (Å²) in [5.41, 5.74) is 0.790. The molecule has 0 spiro atoms. The molecule has 0 radical (unpaired) electrons. The molecule has 1 N–H and O–H groups in total. The van der Waals surface area contributed by atoms with Crippen LogP contribution >= 0.6 is 34.8 Å². The maximum atomic E-state index is 14.2. The van der Waals surface area contributed by atoms with Gasteiger partial charge >= 0.3 is 0 Å². The Morgan fingerprint density at radius 2 is 1.77 bits per heavy atom. The molecule has 0 heterocycles. The third kappa shape index (κ3) is 6.34. The molecule has 2 rings (SSSR count). The van der Waals surface area contributed by atoms with E-state index in [0.29, 0.717) is 15.6 Å². The fourth-order valence-corrected chi connectivity index (χ4v) is 3.39. The molecular formula is C22H24Cl3FN2O2. The van der Waals surface area contributed by atoms with Gasteiger partial charge in [0.2, 0.25) is 11.8 Å². The highest BCUT2D eigenvalue weighted by Gasteiger charge is 2.28. The zero-order chi connectivity index (χ0) is 22.4. The Morgan fingerprint density at radius 1 is 1.07 bits per heavy atom. The van der Waals surface area contributed by atoms with E-state index in [0.717, 1.165) is 6.42 Å². The van der Waals surface area contributed by atoms with E-state index >= 15 is 0 Å². The summed E-state index contributed by atoms with van der Waals surface area (Å²) in [6.45, 7) is 5.58. The Bertz CT molecular complexity index is 903. The monoisotopic (exact) mass is 472 g/mol. The van der Waals surface area contributed by atoms with Crippen molar-refractivity contribution in [3.8, 4) is 0 Å². The van der Waals surface area contributed by atoms with Gasteiger partial charge in [0.15, 0.2) is 0 Å². The van der Waals surface area contributed by atoms with Crippen LogP contribution in [-0.2, 0) is 22.6 Å². The molecular weight excluding hydrogens is 450 g/mol. The Morgan fingerprint density at radius 3 is 2.37 bits per heavy atom. The van der Waals surface area contributed by atoms with Crippen LogP contribution in [0.1, 0.15) is 38.3 Å². The second-order valence-electron chi connectivity index (χ2n) is 7.14. The summed E-state index contributed by atoms with van der Waals surface area (Å²) >= 11 is 18.2. The van der Waals surface area contributed by atoms with Crippen molar-refractivity contribution in [1.82, 2.24) is 10.2 Å².